The first-order chi connectivity index (χ1) is 27.1. The number of hydrogen-bond donors (Lipinski definition) is 1. The Morgan fingerprint density at radius 2 is 1.59 bits per heavy atom. The summed E-state index contributed by atoms with van der Waals surface area (Å²) in [6, 6.07) is 26.3. The topological polar surface area (TPSA) is 95.3 Å². The molecule has 3 fully saturated rings. The van der Waals surface area contributed by atoms with E-state index in [4.69, 9.17) is 14.6 Å². The minimum Gasteiger partial charge on any atom is -0.461 e. The molecular weight excluding hydrogens is 697 g/mol. The molecule has 8 nitrogen and oxygen atoms in total. The molecule has 0 saturated heterocycles. The van der Waals surface area contributed by atoms with E-state index in [0.29, 0.717) is 23.7 Å². The summed E-state index contributed by atoms with van der Waals surface area (Å²) in [6.45, 7) is 9.87. The third-order valence-electron chi connectivity index (χ3n) is 15.0. The predicted octanol–water partition coefficient (Wildman–Crippen LogP) is 9.85. The third kappa shape index (κ3) is 6.47. The van der Waals surface area contributed by atoms with Gasteiger partial charge < -0.3 is 14.8 Å². The summed E-state index contributed by atoms with van der Waals surface area (Å²) in [7, 11) is 0. The number of aromatic nitrogens is 3. The first-order valence-electron chi connectivity index (χ1n) is 21.1. The summed E-state index contributed by atoms with van der Waals surface area (Å²) in [5, 5.41) is 12.2. The molecule has 5 aliphatic carbocycles. The Bertz CT molecular complexity index is 2080. The second kappa shape index (κ2) is 14.7. The summed E-state index contributed by atoms with van der Waals surface area (Å²) in [5.41, 5.74) is 8.90. The van der Waals surface area contributed by atoms with Crippen LogP contribution in [0, 0.1) is 34.5 Å². The number of nitrogens with one attached hydrogen (secondary N) is 1. The highest BCUT2D eigenvalue weighted by Crippen LogP contribution is 2.68. The Morgan fingerprint density at radius 1 is 0.875 bits per heavy atom. The van der Waals surface area contributed by atoms with E-state index in [9.17, 15) is 9.59 Å². The zero-order chi connectivity index (χ0) is 38.6. The zero-order valence-electron chi connectivity index (χ0n) is 33.3. The van der Waals surface area contributed by atoms with Gasteiger partial charge in [-0.15, -0.1) is 5.10 Å². The molecule has 292 valence electrons. The normalized spacial score (nSPS) is 29.6. The van der Waals surface area contributed by atoms with Crippen molar-refractivity contribution in [3.63, 3.8) is 0 Å². The number of rotatable bonds is 9. The number of allylic oxidation sites excluding steroid dienone is 1. The van der Waals surface area contributed by atoms with Gasteiger partial charge in [-0.05, 0) is 107 Å². The van der Waals surface area contributed by atoms with E-state index in [0.717, 1.165) is 49.0 Å². The van der Waals surface area contributed by atoms with E-state index in [1.165, 1.54) is 47.9 Å². The lowest BCUT2D eigenvalue weighted by atomic mass is 9.47. The molecule has 3 saturated carbocycles. The molecule has 0 radical (unpaired) electrons. The van der Waals surface area contributed by atoms with E-state index in [1.54, 1.807) is 0 Å². The number of alkyl carbamates (subject to hydrolysis) is 1. The number of carbonyl (C=O) groups excluding carboxylic acids is 2. The standard InChI is InChI=1S/C48H56N4O4/c1-30(2)44(49-46(54)55-29-39-36-16-10-8-14-34(36)35-15-9-11-17-37(35)39)45(53)56-33-22-24-47(3)32(26-33)18-19-38-40-20-21-42(48(40,4)25-23-41(38)47)43-28-52(51-50-43)27-31-12-6-5-7-13-31/h5-18,28,30,33,38-42,44H,19-27,29H2,1-4H3,(H,49,54)/t33-,38?,40?,41?,42+,44?,47-,48-/m0/s1. The highest BCUT2D eigenvalue weighted by molar-refractivity contribution is 5.82. The molecule has 9 rings (SSSR count). The van der Waals surface area contributed by atoms with E-state index in [1.807, 2.05) is 42.8 Å². The number of fused-ring (bicyclic) bond motifs is 8. The summed E-state index contributed by atoms with van der Waals surface area (Å²) in [5.74, 6) is 1.86. The Labute approximate surface area is 331 Å². The van der Waals surface area contributed by atoms with Crippen LogP contribution in [0.15, 0.2) is 96.7 Å². The molecule has 0 bridgehead atoms. The van der Waals surface area contributed by atoms with Crippen LogP contribution in [-0.2, 0) is 20.8 Å². The lowest BCUT2D eigenvalue weighted by Crippen LogP contribution is -2.51. The summed E-state index contributed by atoms with van der Waals surface area (Å²) < 4.78 is 14.1. The average Bonchev–Trinajstić information content (AvgIpc) is 3.90. The molecule has 4 unspecified atom stereocenters. The predicted molar refractivity (Wildman–Crippen MR) is 217 cm³/mol. The van der Waals surface area contributed by atoms with Crippen LogP contribution in [0.1, 0.15) is 113 Å². The van der Waals surface area contributed by atoms with Gasteiger partial charge in [-0.2, -0.15) is 0 Å². The van der Waals surface area contributed by atoms with Crippen molar-refractivity contribution in [3.8, 4) is 11.1 Å². The SMILES string of the molecule is CC(C)C(NC(=O)OCC1c2ccccc2-c2ccccc21)C(=O)O[C@H]1CC[C@@]2(C)C(=CCC3C2CC[C@@]2(C)C3CC[C@@H]2c2cn(Cc3ccccc3)nn2)C1. The minimum atomic E-state index is -0.782. The summed E-state index contributed by atoms with van der Waals surface area (Å²) in [6.07, 6.45) is 12.6. The van der Waals surface area contributed by atoms with Crippen molar-refractivity contribution in [1.82, 2.24) is 20.3 Å². The van der Waals surface area contributed by atoms with Crippen LogP contribution in [0.25, 0.3) is 11.1 Å². The Hall–Kier alpha value is -4.72. The number of carbonyl (C=O) groups is 2. The van der Waals surface area contributed by atoms with E-state index in [2.05, 4.69) is 91.2 Å². The molecule has 0 spiro atoms. The quantitative estimate of drug-likeness (QED) is 0.135. The molecule has 1 aromatic heterocycles. The van der Waals surface area contributed by atoms with E-state index in [-0.39, 0.29) is 41.3 Å². The van der Waals surface area contributed by atoms with E-state index < -0.39 is 12.1 Å². The second-order valence-corrected chi connectivity index (χ2v) is 18.3. The van der Waals surface area contributed by atoms with Crippen molar-refractivity contribution in [2.75, 3.05) is 6.61 Å². The largest absolute Gasteiger partial charge is 0.461 e. The van der Waals surface area contributed by atoms with Gasteiger partial charge in [-0.1, -0.05) is 123 Å². The maximum Gasteiger partial charge on any atom is 0.407 e. The smallest absolute Gasteiger partial charge is 0.407 e. The molecule has 3 aromatic carbocycles. The van der Waals surface area contributed by atoms with Crippen LogP contribution in [-0.4, -0.2) is 45.8 Å². The van der Waals surface area contributed by atoms with Gasteiger partial charge in [0.2, 0.25) is 0 Å². The van der Waals surface area contributed by atoms with Gasteiger partial charge in [0.1, 0.15) is 18.8 Å². The molecule has 1 heterocycles. The minimum absolute atomic E-state index is 0.0437. The molecule has 1 N–H and O–H groups in total. The average molecular weight is 753 g/mol. The highest BCUT2D eigenvalue weighted by Gasteiger charge is 2.59. The fourth-order valence-corrected chi connectivity index (χ4v) is 12.0. The van der Waals surface area contributed by atoms with Gasteiger partial charge in [0.15, 0.2) is 0 Å². The Kier molecular flexibility index (Phi) is 9.65. The lowest BCUT2D eigenvalue weighted by Gasteiger charge is -2.58. The molecule has 56 heavy (non-hydrogen) atoms. The van der Waals surface area contributed by atoms with Gasteiger partial charge in [0.05, 0.1) is 12.2 Å². The van der Waals surface area contributed by atoms with Crippen LogP contribution < -0.4 is 5.32 Å². The van der Waals surface area contributed by atoms with E-state index >= 15 is 0 Å². The molecule has 1 amide bonds. The summed E-state index contributed by atoms with van der Waals surface area (Å²) >= 11 is 0. The van der Waals surface area contributed by atoms with Gasteiger partial charge >= 0.3 is 12.1 Å². The first-order valence-corrected chi connectivity index (χ1v) is 21.1. The fourth-order valence-electron chi connectivity index (χ4n) is 12.0. The zero-order valence-corrected chi connectivity index (χ0v) is 33.3. The van der Waals surface area contributed by atoms with Crippen molar-refractivity contribution in [2.24, 2.45) is 34.5 Å². The molecule has 8 atom stereocenters. The van der Waals surface area contributed by atoms with Gasteiger partial charge in [0, 0.05) is 24.5 Å². The maximum atomic E-state index is 13.7. The van der Waals surface area contributed by atoms with Crippen LogP contribution in [0.2, 0.25) is 0 Å². The van der Waals surface area contributed by atoms with Crippen molar-refractivity contribution in [3.05, 3.63) is 119 Å². The molecule has 4 aromatic rings. The number of benzene rings is 3. The Balaban J connectivity index is 0.817. The maximum absolute atomic E-state index is 13.7. The van der Waals surface area contributed by atoms with Crippen molar-refractivity contribution < 1.29 is 19.1 Å². The van der Waals surface area contributed by atoms with Crippen LogP contribution in [0.3, 0.4) is 0 Å². The number of ether oxygens (including phenoxy) is 2. The van der Waals surface area contributed by atoms with Gasteiger partial charge in [-0.25, -0.2) is 14.3 Å². The van der Waals surface area contributed by atoms with Crippen LogP contribution in [0.5, 0.6) is 0 Å². The molecule has 8 heteroatoms. The Morgan fingerprint density at radius 3 is 2.32 bits per heavy atom. The highest BCUT2D eigenvalue weighted by atomic mass is 16.6. The third-order valence-corrected chi connectivity index (χ3v) is 15.0. The summed E-state index contributed by atoms with van der Waals surface area (Å²) in [4.78, 5) is 26.9. The van der Waals surface area contributed by atoms with Crippen molar-refractivity contribution in [2.45, 2.75) is 110 Å². The molecule has 0 aliphatic heterocycles. The van der Waals surface area contributed by atoms with Crippen LogP contribution >= 0.6 is 0 Å². The van der Waals surface area contributed by atoms with Crippen molar-refractivity contribution >= 4 is 12.1 Å². The van der Waals surface area contributed by atoms with Crippen molar-refractivity contribution in [1.29, 1.82) is 0 Å². The number of nitrogens with zero attached hydrogens (tertiary/aromatic N) is 3. The fraction of sp³-hybridized carbons (Fsp3) is 0.500. The lowest BCUT2D eigenvalue weighted by molar-refractivity contribution is -0.155. The number of amides is 1. The van der Waals surface area contributed by atoms with Gasteiger partial charge in [0.25, 0.3) is 0 Å². The second-order valence-electron chi connectivity index (χ2n) is 18.3. The number of hydrogen-bond acceptors (Lipinski definition) is 6. The molecule has 5 aliphatic rings. The number of esters is 1. The van der Waals surface area contributed by atoms with Gasteiger partial charge in [-0.3, -0.25) is 0 Å². The van der Waals surface area contributed by atoms with Crippen LogP contribution in [0.4, 0.5) is 4.79 Å². The molecular formula is C48H56N4O4. The first kappa shape index (κ1) is 36.9. The monoisotopic (exact) mass is 752 g/mol.